The summed E-state index contributed by atoms with van der Waals surface area (Å²) in [4.78, 5) is 63.6. The van der Waals surface area contributed by atoms with Crippen molar-refractivity contribution in [3.63, 3.8) is 0 Å². The van der Waals surface area contributed by atoms with Gasteiger partial charge in [0.05, 0.1) is 28.4 Å². The number of allylic oxidation sites excluding steroid dienone is 2. The van der Waals surface area contributed by atoms with Gasteiger partial charge in [-0.1, -0.05) is 0 Å². The molecule has 4 heterocycles. The van der Waals surface area contributed by atoms with Crippen LogP contribution in [0.1, 0.15) is 64.9 Å². The first kappa shape index (κ1) is 26.1. The molecule has 2 saturated carbocycles. The van der Waals surface area contributed by atoms with Gasteiger partial charge < -0.3 is 16.0 Å². The molecule has 0 bridgehead atoms. The summed E-state index contributed by atoms with van der Waals surface area (Å²) in [5.74, 6) is -1.22. The number of H-pyrrole nitrogens is 1. The Kier molecular flexibility index (Phi) is 6.37. The van der Waals surface area contributed by atoms with Crippen LogP contribution in [0.2, 0.25) is 0 Å². The Morgan fingerprint density at radius 2 is 1.88 bits per heavy atom. The van der Waals surface area contributed by atoms with Crippen LogP contribution in [0.25, 0.3) is 16.5 Å². The SMILES string of the molecule is NC(=C(C=NC1CC(CNc2ccc3c(c2)C(=O)N(C2CCC(=O)NC2=O)C3=O)C1)c1nccc2cc[nH]c12)C1CC1. The Hall–Kier alpha value is -4.80. The van der Waals surface area contributed by atoms with E-state index in [9.17, 15) is 19.2 Å². The van der Waals surface area contributed by atoms with E-state index in [2.05, 4.69) is 20.6 Å². The molecule has 2 aliphatic carbocycles. The molecule has 4 amide bonds. The highest BCUT2D eigenvalue weighted by molar-refractivity contribution is 6.23. The number of carbonyl (C=O) groups is 4. The van der Waals surface area contributed by atoms with Crippen LogP contribution < -0.4 is 16.4 Å². The number of imide groups is 2. The normalized spacial score (nSPS) is 24.6. The van der Waals surface area contributed by atoms with Crippen LogP contribution in [0, 0.1) is 11.8 Å². The molecule has 11 nitrogen and oxygen atoms in total. The van der Waals surface area contributed by atoms with Gasteiger partial charge >= 0.3 is 0 Å². The van der Waals surface area contributed by atoms with Crippen molar-refractivity contribution in [1.29, 1.82) is 0 Å². The highest BCUT2D eigenvalue weighted by Crippen LogP contribution is 2.38. The van der Waals surface area contributed by atoms with Crippen LogP contribution in [0.4, 0.5) is 5.69 Å². The maximum absolute atomic E-state index is 13.1. The van der Waals surface area contributed by atoms with Gasteiger partial charge in [-0.25, -0.2) is 0 Å². The largest absolute Gasteiger partial charge is 0.401 e. The van der Waals surface area contributed by atoms with Gasteiger partial charge in [0, 0.05) is 53.9 Å². The minimum Gasteiger partial charge on any atom is -0.401 e. The lowest BCUT2D eigenvalue weighted by Gasteiger charge is -2.33. The molecule has 1 atom stereocenters. The van der Waals surface area contributed by atoms with E-state index in [1.807, 2.05) is 24.5 Å². The van der Waals surface area contributed by atoms with E-state index in [4.69, 9.17) is 10.7 Å². The molecule has 3 fully saturated rings. The number of aromatic amines is 1. The number of amides is 4. The second-order valence-electron chi connectivity index (χ2n) is 11.6. The molecular formula is C31H31N7O4. The quantitative estimate of drug-likeness (QED) is 0.241. The summed E-state index contributed by atoms with van der Waals surface area (Å²) in [6.45, 7) is 0.708. The highest BCUT2D eigenvalue weighted by atomic mass is 16.2. The first-order chi connectivity index (χ1) is 20.4. The molecule has 4 aliphatic rings. The number of benzene rings is 1. The van der Waals surface area contributed by atoms with Gasteiger partial charge in [0.1, 0.15) is 6.04 Å². The molecule has 214 valence electrons. The van der Waals surface area contributed by atoms with Gasteiger partial charge in [0.2, 0.25) is 11.8 Å². The molecule has 5 N–H and O–H groups in total. The average Bonchev–Trinajstić information content (AvgIpc) is 3.65. The highest BCUT2D eigenvalue weighted by Gasteiger charge is 2.44. The second-order valence-corrected chi connectivity index (χ2v) is 11.6. The molecule has 7 rings (SSSR count). The summed E-state index contributed by atoms with van der Waals surface area (Å²) in [6.07, 6.45) is 9.88. The molecule has 1 aromatic carbocycles. The number of piperidine rings is 1. The number of nitrogens with one attached hydrogen (secondary N) is 3. The van der Waals surface area contributed by atoms with Crippen molar-refractivity contribution in [3.05, 3.63) is 65.2 Å². The van der Waals surface area contributed by atoms with E-state index in [0.29, 0.717) is 18.4 Å². The maximum Gasteiger partial charge on any atom is 0.262 e. The van der Waals surface area contributed by atoms with Gasteiger partial charge in [0.15, 0.2) is 0 Å². The number of pyridine rings is 1. The zero-order valence-corrected chi connectivity index (χ0v) is 22.9. The number of aromatic nitrogens is 2. The smallest absolute Gasteiger partial charge is 0.262 e. The molecule has 1 saturated heterocycles. The van der Waals surface area contributed by atoms with E-state index >= 15 is 0 Å². The topological polar surface area (TPSA) is 163 Å². The van der Waals surface area contributed by atoms with E-state index in [1.54, 1.807) is 24.4 Å². The Balaban J connectivity index is 0.976. The standard InChI is InChI=1S/C31H31N7O4/c32-26(17-1-2-17)23(28-27-18(7-9-33-27)8-10-34-28)15-36-20-11-16(12-20)14-35-19-3-4-21-22(13-19)31(42)38(30(21)41)24-5-6-25(39)37-29(24)40/h3-4,7-10,13,15-17,20,24,33,35H,1-2,5-6,11-12,14,32H2,(H,37,39,40). The lowest BCUT2D eigenvalue weighted by Crippen LogP contribution is -2.54. The Morgan fingerprint density at radius 1 is 1.07 bits per heavy atom. The van der Waals surface area contributed by atoms with Gasteiger partial charge in [-0.05, 0) is 74.3 Å². The summed E-state index contributed by atoms with van der Waals surface area (Å²) in [5.41, 5.74) is 11.4. The number of nitrogens with two attached hydrogens (primary N) is 1. The van der Waals surface area contributed by atoms with Crippen LogP contribution in [-0.2, 0) is 9.59 Å². The molecule has 1 unspecified atom stereocenters. The lowest BCUT2D eigenvalue weighted by atomic mass is 9.80. The summed E-state index contributed by atoms with van der Waals surface area (Å²) >= 11 is 0. The van der Waals surface area contributed by atoms with Crippen molar-refractivity contribution in [3.8, 4) is 0 Å². The first-order valence-electron chi connectivity index (χ1n) is 14.4. The number of nitrogens with zero attached hydrogens (tertiary/aromatic N) is 3. The summed E-state index contributed by atoms with van der Waals surface area (Å²) < 4.78 is 0. The number of fused-ring (bicyclic) bond motifs is 2. The first-order valence-corrected chi connectivity index (χ1v) is 14.4. The number of carbonyl (C=O) groups excluding carboxylic acids is 4. The van der Waals surface area contributed by atoms with Gasteiger partial charge in [-0.2, -0.15) is 0 Å². The molecule has 11 heteroatoms. The minimum absolute atomic E-state index is 0.0916. The van der Waals surface area contributed by atoms with Crippen molar-refractivity contribution in [2.24, 2.45) is 22.6 Å². The van der Waals surface area contributed by atoms with E-state index in [0.717, 1.165) is 64.1 Å². The fraction of sp³-hybridized carbons (Fsp3) is 0.355. The Bertz CT molecular complexity index is 1700. The third kappa shape index (κ3) is 4.64. The molecule has 2 aliphatic heterocycles. The molecule has 2 aromatic heterocycles. The third-order valence-corrected chi connectivity index (χ3v) is 8.72. The van der Waals surface area contributed by atoms with Crippen LogP contribution in [-0.4, -0.2) is 63.3 Å². The van der Waals surface area contributed by atoms with Crippen molar-refractivity contribution in [2.75, 3.05) is 11.9 Å². The summed E-state index contributed by atoms with van der Waals surface area (Å²) in [6, 6.07) is 8.29. The van der Waals surface area contributed by atoms with Gasteiger partial charge in [-0.3, -0.25) is 39.4 Å². The van der Waals surface area contributed by atoms with E-state index < -0.39 is 29.7 Å². The maximum atomic E-state index is 13.1. The Morgan fingerprint density at radius 3 is 2.67 bits per heavy atom. The fourth-order valence-corrected chi connectivity index (χ4v) is 6.08. The Labute approximate surface area is 241 Å². The molecule has 3 aromatic rings. The molecular weight excluding hydrogens is 534 g/mol. The van der Waals surface area contributed by atoms with Crippen molar-refractivity contribution >= 4 is 52.0 Å². The van der Waals surface area contributed by atoms with E-state index in [-0.39, 0.29) is 30.0 Å². The van der Waals surface area contributed by atoms with Crippen LogP contribution in [0.5, 0.6) is 0 Å². The monoisotopic (exact) mass is 565 g/mol. The van der Waals surface area contributed by atoms with Gasteiger partial charge in [-0.15, -0.1) is 0 Å². The zero-order chi connectivity index (χ0) is 29.0. The van der Waals surface area contributed by atoms with Crippen LogP contribution >= 0.6 is 0 Å². The fourth-order valence-electron chi connectivity index (χ4n) is 6.08. The predicted octanol–water partition coefficient (Wildman–Crippen LogP) is 3.01. The van der Waals surface area contributed by atoms with Crippen LogP contribution in [0.15, 0.2) is 53.4 Å². The summed E-state index contributed by atoms with van der Waals surface area (Å²) in [7, 11) is 0. The lowest BCUT2D eigenvalue weighted by molar-refractivity contribution is -0.136. The summed E-state index contributed by atoms with van der Waals surface area (Å²) in [5, 5.41) is 6.70. The predicted molar refractivity (Wildman–Crippen MR) is 157 cm³/mol. The van der Waals surface area contributed by atoms with Gasteiger partial charge in [0.25, 0.3) is 11.8 Å². The number of anilines is 1. The average molecular weight is 566 g/mol. The van der Waals surface area contributed by atoms with E-state index in [1.165, 1.54) is 0 Å². The molecule has 0 spiro atoms. The number of rotatable bonds is 8. The minimum atomic E-state index is -0.972. The van der Waals surface area contributed by atoms with Crippen molar-refractivity contribution in [1.82, 2.24) is 20.2 Å². The number of aliphatic imine (C=N–C) groups is 1. The third-order valence-electron chi connectivity index (χ3n) is 8.72. The molecule has 0 radical (unpaired) electrons. The molecule has 42 heavy (non-hydrogen) atoms. The number of hydrogen-bond acceptors (Lipinski definition) is 8. The van der Waals surface area contributed by atoms with Crippen molar-refractivity contribution < 1.29 is 19.2 Å². The van der Waals surface area contributed by atoms with Crippen LogP contribution in [0.3, 0.4) is 0 Å². The number of hydrogen-bond donors (Lipinski definition) is 4. The zero-order valence-electron chi connectivity index (χ0n) is 22.9. The second kappa shape index (κ2) is 10.2. The van der Waals surface area contributed by atoms with Crippen molar-refractivity contribution in [2.45, 2.75) is 50.6 Å².